The number of methoxy groups -OCH3 is 2. The number of benzene rings is 1. The molecule has 0 bridgehead atoms. The van der Waals surface area contributed by atoms with Gasteiger partial charge in [-0.2, -0.15) is 0 Å². The lowest BCUT2D eigenvalue weighted by molar-refractivity contribution is 0.352. The molecule has 2 N–H and O–H groups in total. The number of rotatable bonds is 4. The zero-order valence-electron chi connectivity index (χ0n) is 9.26. The van der Waals surface area contributed by atoms with Crippen LogP contribution in [0.5, 0.6) is 11.5 Å². The van der Waals surface area contributed by atoms with Crippen LogP contribution in [0.1, 0.15) is 11.1 Å². The molecule has 0 unspecified atom stereocenters. The SMILES string of the molecule is COc1c(Cl)cc(CCN)c(C)c1OC. The Morgan fingerprint density at radius 3 is 2.33 bits per heavy atom. The van der Waals surface area contributed by atoms with Crippen molar-refractivity contribution in [3.63, 3.8) is 0 Å². The summed E-state index contributed by atoms with van der Waals surface area (Å²) in [7, 11) is 3.18. The number of nitrogens with two attached hydrogens (primary N) is 1. The summed E-state index contributed by atoms with van der Waals surface area (Å²) in [5.74, 6) is 1.27. The number of hydrogen-bond acceptors (Lipinski definition) is 3. The van der Waals surface area contributed by atoms with E-state index in [0.29, 0.717) is 23.1 Å². The van der Waals surface area contributed by atoms with Gasteiger partial charge >= 0.3 is 0 Å². The van der Waals surface area contributed by atoms with Gasteiger partial charge in [-0.05, 0) is 37.1 Å². The van der Waals surface area contributed by atoms with Gasteiger partial charge in [0.25, 0.3) is 0 Å². The molecule has 0 aliphatic heterocycles. The van der Waals surface area contributed by atoms with Gasteiger partial charge in [-0.1, -0.05) is 11.6 Å². The third kappa shape index (κ3) is 2.36. The average molecular weight is 230 g/mol. The lowest BCUT2D eigenvalue weighted by atomic mass is 10.0. The van der Waals surface area contributed by atoms with Crippen LogP contribution in [0, 0.1) is 6.92 Å². The van der Waals surface area contributed by atoms with Gasteiger partial charge in [-0.3, -0.25) is 0 Å². The van der Waals surface area contributed by atoms with Crippen molar-refractivity contribution in [3.8, 4) is 11.5 Å². The molecule has 0 amide bonds. The van der Waals surface area contributed by atoms with Gasteiger partial charge in [0, 0.05) is 0 Å². The highest BCUT2D eigenvalue weighted by Crippen LogP contribution is 2.39. The molecular formula is C11H16ClNO2. The Bertz CT molecular complexity index is 353. The summed E-state index contributed by atoms with van der Waals surface area (Å²) in [4.78, 5) is 0. The highest BCUT2D eigenvalue weighted by molar-refractivity contribution is 6.32. The molecule has 84 valence electrons. The van der Waals surface area contributed by atoms with Crippen molar-refractivity contribution in [3.05, 3.63) is 22.2 Å². The minimum absolute atomic E-state index is 0.559. The summed E-state index contributed by atoms with van der Waals surface area (Å²) in [5, 5.41) is 0.559. The Labute approximate surface area is 95.1 Å². The largest absolute Gasteiger partial charge is 0.493 e. The predicted octanol–water partition coefficient (Wildman–Crippen LogP) is 2.17. The summed E-state index contributed by atoms with van der Waals surface area (Å²) in [6.07, 6.45) is 0.784. The van der Waals surface area contributed by atoms with Crippen LogP contribution in [0.4, 0.5) is 0 Å². The molecule has 0 heterocycles. The third-order valence-electron chi connectivity index (χ3n) is 2.37. The van der Waals surface area contributed by atoms with E-state index in [1.165, 1.54) is 0 Å². The van der Waals surface area contributed by atoms with Gasteiger partial charge in [0.1, 0.15) is 0 Å². The van der Waals surface area contributed by atoms with Crippen molar-refractivity contribution in [1.29, 1.82) is 0 Å². The van der Waals surface area contributed by atoms with Gasteiger partial charge in [0.15, 0.2) is 11.5 Å². The molecule has 15 heavy (non-hydrogen) atoms. The second-order valence-electron chi connectivity index (χ2n) is 3.25. The fourth-order valence-corrected chi connectivity index (χ4v) is 1.90. The highest BCUT2D eigenvalue weighted by Gasteiger charge is 2.15. The van der Waals surface area contributed by atoms with E-state index in [1.807, 2.05) is 13.0 Å². The molecule has 4 heteroatoms. The van der Waals surface area contributed by atoms with E-state index in [9.17, 15) is 0 Å². The second-order valence-corrected chi connectivity index (χ2v) is 3.65. The van der Waals surface area contributed by atoms with Crippen LogP contribution >= 0.6 is 11.6 Å². The fourth-order valence-electron chi connectivity index (χ4n) is 1.60. The van der Waals surface area contributed by atoms with Crippen LogP contribution in [-0.4, -0.2) is 20.8 Å². The Hall–Kier alpha value is -0.930. The first-order chi connectivity index (χ1) is 7.15. The van der Waals surface area contributed by atoms with Crippen LogP contribution in [-0.2, 0) is 6.42 Å². The quantitative estimate of drug-likeness (QED) is 0.861. The average Bonchev–Trinajstić information content (AvgIpc) is 2.22. The minimum atomic E-state index is 0.559. The first-order valence-corrected chi connectivity index (χ1v) is 5.13. The van der Waals surface area contributed by atoms with E-state index >= 15 is 0 Å². The van der Waals surface area contributed by atoms with E-state index in [0.717, 1.165) is 17.5 Å². The van der Waals surface area contributed by atoms with E-state index in [1.54, 1.807) is 14.2 Å². The molecule has 1 aromatic rings. The predicted molar refractivity (Wildman–Crippen MR) is 62.1 cm³/mol. The Morgan fingerprint density at radius 2 is 1.87 bits per heavy atom. The molecule has 0 aliphatic rings. The van der Waals surface area contributed by atoms with Gasteiger partial charge in [-0.25, -0.2) is 0 Å². The van der Waals surface area contributed by atoms with Crippen LogP contribution in [0.25, 0.3) is 0 Å². The lowest BCUT2D eigenvalue weighted by Crippen LogP contribution is -2.06. The molecule has 0 saturated carbocycles. The van der Waals surface area contributed by atoms with E-state index in [-0.39, 0.29) is 0 Å². The van der Waals surface area contributed by atoms with Crippen LogP contribution in [0.15, 0.2) is 6.07 Å². The maximum absolute atomic E-state index is 6.08. The fraction of sp³-hybridized carbons (Fsp3) is 0.455. The molecule has 1 rings (SSSR count). The maximum Gasteiger partial charge on any atom is 0.179 e. The molecule has 1 aromatic carbocycles. The normalized spacial score (nSPS) is 10.2. The Balaban J connectivity index is 3.30. The topological polar surface area (TPSA) is 44.5 Å². The highest BCUT2D eigenvalue weighted by atomic mass is 35.5. The molecule has 0 aromatic heterocycles. The molecule has 0 radical (unpaired) electrons. The van der Waals surface area contributed by atoms with Crippen LogP contribution in [0.2, 0.25) is 5.02 Å². The summed E-state index contributed by atoms with van der Waals surface area (Å²) >= 11 is 6.08. The van der Waals surface area contributed by atoms with Gasteiger partial charge in [0.2, 0.25) is 0 Å². The number of halogens is 1. The summed E-state index contributed by atoms with van der Waals surface area (Å²) in [5.41, 5.74) is 7.66. The minimum Gasteiger partial charge on any atom is -0.493 e. The standard InChI is InChI=1S/C11H16ClNO2/c1-7-8(4-5-13)6-9(12)11(15-3)10(7)14-2/h6H,4-5,13H2,1-3H3. The van der Waals surface area contributed by atoms with E-state index < -0.39 is 0 Å². The third-order valence-corrected chi connectivity index (χ3v) is 2.65. The van der Waals surface area contributed by atoms with Gasteiger partial charge in [0.05, 0.1) is 19.2 Å². The smallest absolute Gasteiger partial charge is 0.179 e. The number of ether oxygens (including phenoxy) is 2. The van der Waals surface area contributed by atoms with Crippen LogP contribution in [0.3, 0.4) is 0 Å². The van der Waals surface area contributed by atoms with Gasteiger partial charge in [-0.15, -0.1) is 0 Å². The van der Waals surface area contributed by atoms with Crippen molar-refractivity contribution in [2.45, 2.75) is 13.3 Å². The van der Waals surface area contributed by atoms with Crippen LogP contribution < -0.4 is 15.2 Å². The van der Waals surface area contributed by atoms with Crippen molar-refractivity contribution in [1.82, 2.24) is 0 Å². The molecular weight excluding hydrogens is 214 g/mol. The van der Waals surface area contributed by atoms with Crippen molar-refractivity contribution >= 4 is 11.6 Å². The first-order valence-electron chi connectivity index (χ1n) is 4.75. The molecule has 0 atom stereocenters. The van der Waals surface area contributed by atoms with Gasteiger partial charge < -0.3 is 15.2 Å². The summed E-state index contributed by atoms with van der Waals surface area (Å²) < 4.78 is 10.5. The Kier molecular flexibility index (Phi) is 4.24. The molecule has 0 fully saturated rings. The zero-order chi connectivity index (χ0) is 11.4. The number of hydrogen-bond donors (Lipinski definition) is 1. The zero-order valence-corrected chi connectivity index (χ0v) is 10.0. The molecule has 0 saturated heterocycles. The first kappa shape index (κ1) is 12.1. The second kappa shape index (κ2) is 5.24. The molecule has 3 nitrogen and oxygen atoms in total. The maximum atomic E-state index is 6.08. The lowest BCUT2D eigenvalue weighted by Gasteiger charge is -2.15. The monoisotopic (exact) mass is 229 g/mol. The Morgan fingerprint density at radius 1 is 1.27 bits per heavy atom. The van der Waals surface area contributed by atoms with Crippen molar-refractivity contribution in [2.75, 3.05) is 20.8 Å². The van der Waals surface area contributed by atoms with E-state index in [2.05, 4.69) is 0 Å². The molecule has 0 spiro atoms. The van der Waals surface area contributed by atoms with Crippen molar-refractivity contribution in [2.24, 2.45) is 5.73 Å². The summed E-state index contributed by atoms with van der Waals surface area (Å²) in [6, 6.07) is 1.88. The van der Waals surface area contributed by atoms with Crippen molar-refractivity contribution < 1.29 is 9.47 Å². The summed E-state index contributed by atoms with van der Waals surface area (Å²) in [6.45, 7) is 2.56. The molecule has 0 aliphatic carbocycles. The van der Waals surface area contributed by atoms with E-state index in [4.69, 9.17) is 26.8 Å².